The van der Waals surface area contributed by atoms with Crippen molar-refractivity contribution in [2.24, 2.45) is 5.41 Å². The normalized spacial score (nSPS) is 19.0. The standard InChI is InChI=1S/C37H42ClN5O3/c1-37(2)13-11-27(31(23-37)25-5-7-28(38)8-6-25)24-41-16-18-42(19-17-41)29-9-10-30(36(44)45)32(22-29)43-15-3-4-20-46-35-33(43)21-26-12-14-39-34(26)40-35/h5-10,12,14,21-22H,3-4,11,13,15-20,23-24H2,1-2H3,(H,39,40)(H,44,45). The number of allylic oxidation sites excluding steroid dienone is 1. The summed E-state index contributed by atoms with van der Waals surface area (Å²) in [6.07, 6.45) is 7.03. The van der Waals surface area contributed by atoms with Crippen molar-refractivity contribution in [3.8, 4) is 5.88 Å². The van der Waals surface area contributed by atoms with Crippen molar-refractivity contribution in [2.45, 2.75) is 46.0 Å². The van der Waals surface area contributed by atoms with E-state index in [4.69, 9.17) is 21.3 Å². The van der Waals surface area contributed by atoms with Crippen LogP contribution in [-0.4, -0.2) is 71.8 Å². The Labute approximate surface area is 275 Å². The van der Waals surface area contributed by atoms with Gasteiger partial charge in [0.1, 0.15) is 11.3 Å². The van der Waals surface area contributed by atoms with Gasteiger partial charge in [0.2, 0.25) is 5.88 Å². The Morgan fingerprint density at radius 1 is 1.00 bits per heavy atom. The summed E-state index contributed by atoms with van der Waals surface area (Å²) in [6.45, 7) is 10.7. The minimum Gasteiger partial charge on any atom is -0.478 e. The Kier molecular flexibility index (Phi) is 8.42. The number of aromatic nitrogens is 2. The molecule has 7 rings (SSSR count). The summed E-state index contributed by atoms with van der Waals surface area (Å²) in [5.41, 5.74) is 8.18. The monoisotopic (exact) mass is 639 g/mol. The molecule has 3 aliphatic rings. The molecule has 1 fully saturated rings. The fourth-order valence-electron chi connectivity index (χ4n) is 7.18. The number of hydrogen-bond donors (Lipinski definition) is 2. The van der Waals surface area contributed by atoms with Gasteiger partial charge in [-0.3, -0.25) is 4.90 Å². The number of aromatic carboxylic acids is 1. The molecule has 4 heterocycles. The molecule has 0 spiro atoms. The molecule has 9 heteroatoms. The summed E-state index contributed by atoms with van der Waals surface area (Å²) in [5.74, 6) is -0.407. The number of H-pyrrole nitrogens is 1. The van der Waals surface area contributed by atoms with Crippen molar-refractivity contribution in [1.29, 1.82) is 0 Å². The molecule has 240 valence electrons. The van der Waals surface area contributed by atoms with Crippen LogP contribution in [0.1, 0.15) is 61.9 Å². The van der Waals surface area contributed by atoms with Crippen LogP contribution in [0.5, 0.6) is 5.88 Å². The second kappa shape index (κ2) is 12.6. The molecule has 46 heavy (non-hydrogen) atoms. The Morgan fingerprint density at radius 3 is 2.59 bits per heavy atom. The first kappa shape index (κ1) is 30.6. The number of carboxylic acid groups (broad SMARTS) is 1. The number of aromatic amines is 1. The zero-order chi connectivity index (χ0) is 31.8. The van der Waals surface area contributed by atoms with E-state index in [0.29, 0.717) is 30.1 Å². The number of rotatable bonds is 6. The van der Waals surface area contributed by atoms with Crippen molar-refractivity contribution in [3.05, 3.63) is 82.5 Å². The first-order chi connectivity index (χ1) is 22.2. The molecule has 2 aromatic heterocycles. The highest BCUT2D eigenvalue weighted by atomic mass is 35.5. The molecule has 0 unspecified atom stereocenters. The van der Waals surface area contributed by atoms with E-state index >= 15 is 0 Å². The average Bonchev–Trinajstić information content (AvgIpc) is 3.50. The average molecular weight is 640 g/mol. The first-order valence-corrected chi connectivity index (χ1v) is 16.8. The maximum atomic E-state index is 12.5. The highest BCUT2D eigenvalue weighted by molar-refractivity contribution is 6.30. The zero-order valence-electron chi connectivity index (χ0n) is 26.7. The lowest BCUT2D eigenvalue weighted by Crippen LogP contribution is -2.47. The Balaban J connectivity index is 1.13. The quantitative estimate of drug-likeness (QED) is 0.221. The van der Waals surface area contributed by atoms with Gasteiger partial charge in [0.15, 0.2) is 0 Å². The molecule has 1 aliphatic carbocycles. The minimum absolute atomic E-state index is 0.282. The van der Waals surface area contributed by atoms with Gasteiger partial charge in [-0.15, -0.1) is 0 Å². The third-order valence-corrected chi connectivity index (χ3v) is 10.1. The molecule has 0 radical (unpaired) electrons. The number of anilines is 3. The van der Waals surface area contributed by atoms with Gasteiger partial charge in [-0.2, -0.15) is 4.98 Å². The van der Waals surface area contributed by atoms with Crippen molar-refractivity contribution in [2.75, 3.05) is 55.7 Å². The van der Waals surface area contributed by atoms with Crippen LogP contribution in [0, 0.1) is 5.41 Å². The molecule has 4 aromatic rings. The molecule has 0 atom stereocenters. The van der Waals surface area contributed by atoms with Crippen LogP contribution in [0.4, 0.5) is 17.1 Å². The Hall–Kier alpha value is -4.01. The molecule has 0 saturated carbocycles. The summed E-state index contributed by atoms with van der Waals surface area (Å²) in [7, 11) is 0. The summed E-state index contributed by atoms with van der Waals surface area (Å²) in [5, 5.41) is 12.0. The summed E-state index contributed by atoms with van der Waals surface area (Å²) < 4.78 is 6.09. The van der Waals surface area contributed by atoms with Gasteiger partial charge in [-0.1, -0.05) is 43.2 Å². The van der Waals surface area contributed by atoms with Gasteiger partial charge >= 0.3 is 5.97 Å². The highest BCUT2D eigenvalue weighted by Gasteiger charge is 2.30. The fourth-order valence-corrected chi connectivity index (χ4v) is 7.31. The summed E-state index contributed by atoms with van der Waals surface area (Å²) in [6, 6.07) is 18.1. The lowest BCUT2D eigenvalue weighted by Gasteiger charge is -2.39. The Morgan fingerprint density at radius 2 is 1.80 bits per heavy atom. The number of ether oxygens (including phenoxy) is 1. The van der Waals surface area contributed by atoms with Crippen molar-refractivity contribution < 1.29 is 14.6 Å². The van der Waals surface area contributed by atoms with Crippen LogP contribution in [0.3, 0.4) is 0 Å². The minimum atomic E-state index is -0.938. The number of hydrogen-bond acceptors (Lipinski definition) is 6. The summed E-state index contributed by atoms with van der Waals surface area (Å²) in [4.78, 5) is 27.5. The van der Waals surface area contributed by atoms with E-state index in [0.717, 1.165) is 85.8 Å². The highest BCUT2D eigenvalue weighted by Crippen LogP contribution is 2.44. The van der Waals surface area contributed by atoms with Crippen LogP contribution in [0.2, 0.25) is 5.02 Å². The van der Waals surface area contributed by atoms with Crippen LogP contribution in [0.15, 0.2) is 66.4 Å². The lowest BCUT2D eigenvalue weighted by atomic mass is 9.72. The third kappa shape index (κ3) is 6.33. The van der Waals surface area contributed by atoms with Crippen LogP contribution in [-0.2, 0) is 0 Å². The molecule has 2 N–H and O–H groups in total. The number of pyridine rings is 1. The molecule has 2 aliphatic heterocycles. The number of piperazine rings is 1. The second-order valence-corrected chi connectivity index (χ2v) is 14.1. The molecule has 0 bridgehead atoms. The molecular weight excluding hydrogens is 598 g/mol. The van der Waals surface area contributed by atoms with E-state index in [9.17, 15) is 9.90 Å². The number of benzene rings is 2. The van der Waals surface area contributed by atoms with E-state index < -0.39 is 5.97 Å². The topological polar surface area (TPSA) is 84.9 Å². The largest absolute Gasteiger partial charge is 0.478 e. The van der Waals surface area contributed by atoms with Gasteiger partial charge in [0, 0.05) is 61.6 Å². The number of fused-ring (bicyclic) bond motifs is 2. The van der Waals surface area contributed by atoms with E-state index in [1.54, 1.807) is 11.6 Å². The van der Waals surface area contributed by atoms with Crippen LogP contribution < -0.4 is 14.5 Å². The predicted octanol–water partition coefficient (Wildman–Crippen LogP) is 8.01. The van der Waals surface area contributed by atoms with Gasteiger partial charge in [-0.25, -0.2) is 4.79 Å². The van der Waals surface area contributed by atoms with E-state index in [1.165, 1.54) is 17.6 Å². The molecule has 1 saturated heterocycles. The number of nitrogens with zero attached hydrogens (tertiary/aromatic N) is 4. The van der Waals surface area contributed by atoms with Crippen molar-refractivity contribution >= 4 is 51.2 Å². The third-order valence-electron chi connectivity index (χ3n) is 9.82. The number of carbonyl (C=O) groups is 1. The fraction of sp³-hybridized carbons (Fsp3) is 0.405. The number of carboxylic acids is 1. The Bertz CT molecular complexity index is 1770. The van der Waals surface area contributed by atoms with Crippen molar-refractivity contribution in [1.82, 2.24) is 14.9 Å². The molecule has 0 amide bonds. The van der Waals surface area contributed by atoms with Gasteiger partial charge in [-0.05, 0) is 91.1 Å². The van der Waals surface area contributed by atoms with E-state index in [2.05, 4.69) is 57.8 Å². The number of halogens is 1. The van der Waals surface area contributed by atoms with E-state index in [1.807, 2.05) is 30.5 Å². The van der Waals surface area contributed by atoms with Gasteiger partial charge in [0.25, 0.3) is 0 Å². The molecular formula is C37H42ClN5O3. The van der Waals surface area contributed by atoms with E-state index in [-0.39, 0.29) is 5.56 Å². The molecule has 8 nitrogen and oxygen atoms in total. The van der Waals surface area contributed by atoms with Crippen LogP contribution >= 0.6 is 11.6 Å². The zero-order valence-corrected chi connectivity index (χ0v) is 27.4. The predicted molar refractivity (Wildman–Crippen MR) is 186 cm³/mol. The summed E-state index contributed by atoms with van der Waals surface area (Å²) >= 11 is 6.22. The van der Waals surface area contributed by atoms with Crippen molar-refractivity contribution in [3.63, 3.8) is 0 Å². The first-order valence-electron chi connectivity index (χ1n) is 16.4. The van der Waals surface area contributed by atoms with Gasteiger partial charge < -0.3 is 24.6 Å². The maximum Gasteiger partial charge on any atom is 0.337 e. The van der Waals surface area contributed by atoms with Gasteiger partial charge in [0.05, 0.1) is 17.9 Å². The lowest BCUT2D eigenvalue weighted by molar-refractivity contribution is 0.0697. The maximum absolute atomic E-state index is 12.5. The smallest absolute Gasteiger partial charge is 0.337 e. The number of nitrogens with one attached hydrogen (secondary N) is 1. The molecule has 2 aromatic carbocycles. The SMILES string of the molecule is CC1(C)CCC(CN2CCN(c3ccc(C(=O)O)c(N4CCCCOc5nc6[nH]ccc6cc54)c3)CC2)=C(c2ccc(Cl)cc2)C1. The van der Waals surface area contributed by atoms with Crippen LogP contribution in [0.25, 0.3) is 16.6 Å². The second-order valence-electron chi connectivity index (χ2n) is 13.6.